The van der Waals surface area contributed by atoms with Gasteiger partial charge < -0.3 is 0 Å². The lowest BCUT2D eigenvalue weighted by molar-refractivity contribution is 0.0955. The normalized spacial score (nSPS) is 11.8. The van der Waals surface area contributed by atoms with E-state index in [0.717, 1.165) is 14.4 Å². The second-order valence-electron chi connectivity index (χ2n) is 5.02. The van der Waals surface area contributed by atoms with Gasteiger partial charge in [0.25, 0.3) is 5.91 Å². The molecule has 0 saturated heterocycles. The summed E-state index contributed by atoms with van der Waals surface area (Å²) in [5, 5.41) is 4.15. The van der Waals surface area contributed by atoms with Crippen molar-refractivity contribution in [2.24, 2.45) is 5.10 Å². The molecule has 110 valence electrons. The Hall–Kier alpha value is -1.46. The summed E-state index contributed by atoms with van der Waals surface area (Å²) >= 11 is 4.99. The Labute approximate surface area is 137 Å². The maximum atomic E-state index is 12.0. The summed E-state index contributed by atoms with van der Waals surface area (Å²) in [5.74, 6) is 0.264. The van der Waals surface area contributed by atoms with E-state index in [2.05, 4.69) is 40.3 Å². The fraction of sp³-hybridized carbons (Fsp3) is 0.250. The van der Waals surface area contributed by atoms with Crippen molar-refractivity contribution in [1.29, 1.82) is 0 Å². The third-order valence-corrected chi connectivity index (χ3v) is 4.83. The Morgan fingerprint density at radius 2 is 1.86 bits per heavy atom. The Kier molecular flexibility index (Phi) is 5.31. The van der Waals surface area contributed by atoms with Gasteiger partial charge in [-0.3, -0.25) is 4.79 Å². The van der Waals surface area contributed by atoms with Crippen LogP contribution in [-0.2, 0) is 0 Å². The lowest BCUT2D eigenvalue weighted by atomic mass is 10.0. The van der Waals surface area contributed by atoms with E-state index in [1.54, 1.807) is 11.3 Å². The molecule has 5 heteroatoms. The van der Waals surface area contributed by atoms with Crippen molar-refractivity contribution >= 4 is 38.9 Å². The van der Waals surface area contributed by atoms with Crippen LogP contribution in [0.3, 0.4) is 0 Å². The van der Waals surface area contributed by atoms with Gasteiger partial charge in [0.15, 0.2) is 0 Å². The van der Waals surface area contributed by atoms with Crippen molar-refractivity contribution in [3.05, 3.63) is 56.2 Å². The Bertz CT molecular complexity index is 659. The molecular formula is C16H17BrN2OS. The first-order valence-corrected chi connectivity index (χ1v) is 8.28. The van der Waals surface area contributed by atoms with Crippen LogP contribution in [-0.4, -0.2) is 11.6 Å². The number of thiophene rings is 1. The zero-order chi connectivity index (χ0) is 15.4. The summed E-state index contributed by atoms with van der Waals surface area (Å²) in [7, 11) is 0. The van der Waals surface area contributed by atoms with E-state index in [1.165, 1.54) is 5.56 Å². The zero-order valence-corrected chi connectivity index (χ0v) is 14.6. The minimum absolute atomic E-state index is 0.194. The van der Waals surface area contributed by atoms with Gasteiger partial charge in [-0.15, -0.1) is 11.3 Å². The van der Waals surface area contributed by atoms with Crippen molar-refractivity contribution in [3.8, 4) is 0 Å². The number of nitrogens with one attached hydrogen (secondary N) is 1. The molecule has 2 rings (SSSR count). The molecule has 1 aromatic carbocycles. The van der Waals surface area contributed by atoms with E-state index < -0.39 is 0 Å². The first-order valence-electron chi connectivity index (χ1n) is 6.67. The van der Waals surface area contributed by atoms with Crippen LogP contribution in [0.4, 0.5) is 0 Å². The van der Waals surface area contributed by atoms with E-state index in [0.29, 0.717) is 11.5 Å². The topological polar surface area (TPSA) is 41.5 Å². The van der Waals surface area contributed by atoms with Crippen LogP contribution in [0.2, 0.25) is 0 Å². The number of hydrogen-bond donors (Lipinski definition) is 1. The smallest absolute Gasteiger partial charge is 0.267 e. The number of hydrogen-bond acceptors (Lipinski definition) is 3. The average molecular weight is 365 g/mol. The maximum absolute atomic E-state index is 12.0. The van der Waals surface area contributed by atoms with E-state index in [4.69, 9.17) is 0 Å². The van der Waals surface area contributed by atoms with Crippen LogP contribution in [0.5, 0.6) is 0 Å². The number of halogens is 1. The molecule has 21 heavy (non-hydrogen) atoms. The highest BCUT2D eigenvalue weighted by Crippen LogP contribution is 2.22. The van der Waals surface area contributed by atoms with Crippen molar-refractivity contribution < 1.29 is 4.79 Å². The molecule has 0 aliphatic heterocycles. The van der Waals surface area contributed by atoms with Gasteiger partial charge in [-0.1, -0.05) is 26.0 Å². The number of nitrogens with zero attached hydrogens (tertiary/aromatic N) is 1. The van der Waals surface area contributed by atoms with E-state index in [1.807, 2.05) is 43.3 Å². The minimum atomic E-state index is -0.194. The van der Waals surface area contributed by atoms with Gasteiger partial charge in [0, 0.05) is 5.56 Å². The van der Waals surface area contributed by atoms with Crippen LogP contribution in [0.25, 0.3) is 0 Å². The summed E-state index contributed by atoms with van der Waals surface area (Å²) in [6.45, 7) is 6.13. The minimum Gasteiger partial charge on any atom is -0.267 e. The van der Waals surface area contributed by atoms with Gasteiger partial charge in [0.1, 0.15) is 0 Å². The van der Waals surface area contributed by atoms with Crippen molar-refractivity contribution in [2.75, 3.05) is 0 Å². The van der Waals surface area contributed by atoms with Crippen molar-refractivity contribution in [3.63, 3.8) is 0 Å². The Morgan fingerprint density at radius 3 is 2.38 bits per heavy atom. The predicted octanol–water partition coefficient (Wildman–Crippen LogP) is 4.79. The Balaban J connectivity index is 2.04. The average Bonchev–Trinajstić information content (AvgIpc) is 2.91. The van der Waals surface area contributed by atoms with Crippen LogP contribution in [0, 0.1) is 0 Å². The molecule has 1 aromatic heterocycles. The molecule has 2 aromatic rings. The molecule has 0 fully saturated rings. The van der Waals surface area contributed by atoms with E-state index in [9.17, 15) is 4.79 Å². The van der Waals surface area contributed by atoms with Crippen LogP contribution in [0.15, 0.2) is 45.3 Å². The van der Waals surface area contributed by atoms with Gasteiger partial charge >= 0.3 is 0 Å². The van der Waals surface area contributed by atoms with Gasteiger partial charge in [0.05, 0.1) is 14.4 Å². The Morgan fingerprint density at radius 1 is 1.19 bits per heavy atom. The molecule has 0 bridgehead atoms. The first kappa shape index (κ1) is 15.9. The monoisotopic (exact) mass is 364 g/mol. The molecule has 0 aliphatic carbocycles. The van der Waals surface area contributed by atoms with Gasteiger partial charge in [-0.2, -0.15) is 5.10 Å². The highest BCUT2D eigenvalue weighted by Gasteiger charge is 2.07. The molecule has 1 N–H and O–H groups in total. The lowest BCUT2D eigenvalue weighted by Gasteiger charge is -2.06. The molecule has 0 saturated carbocycles. The van der Waals surface area contributed by atoms with Gasteiger partial charge in [0.2, 0.25) is 0 Å². The van der Waals surface area contributed by atoms with Gasteiger partial charge in [-0.25, -0.2) is 5.43 Å². The van der Waals surface area contributed by atoms with Gasteiger partial charge in [-0.05, 0) is 58.6 Å². The number of carbonyl (C=O) groups excluding carboxylic acids is 1. The molecule has 0 aliphatic rings. The number of benzene rings is 1. The molecular weight excluding hydrogens is 348 g/mol. The highest BCUT2D eigenvalue weighted by atomic mass is 79.9. The third kappa shape index (κ3) is 4.25. The summed E-state index contributed by atoms with van der Waals surface area (Å²) < 4.78 is 1.04. The SMILES string of the molecule is CC(=NNC(=O)c1ccc(C(C)C)cc1)c1ccc(Br)s1. The maximum Gasteiger partial charge on any atom is 0.271 e. The number of rotatable bonds is 4. The lowest BCUT2D eigenvalue weighted by Crippen LogP contribution is -2.19. The van der Waals surface area contributed by atoms with Crippen molar-refractivity contribution in [1.82, 2.24) is 5.43 Å². The molecule has 1 heterocycles. The largest absolute Gasteiger partial charge is 0.271 e. The van der Waals surface area contributed by atoms with E-state index >= 15 is 0 Å². The molecule has 0 spiro atoms. The molecule has 1 amide bonds. The molecule has 0 atom stereocenters. The predicted molar refractivity (Wildman–Crippen MR) is 92.2 cm³/mol. The second kappa shape index (κ2) is 7.00. The van der Waals surface area contributed by atoms with Crippen LogP contribution < -0.4 is 5.43 Å². The summed E-state index contributed by atoms with van der Waals surface area (Å²) in [4.78, 5) is 13.1. The number of carbonyl (C=O) groups is 1. The molecule has 3 nitrogen and oxygen atoms in total. The fourth-order valence-corrected chi connectivity index (χ4v) is 3.11. The molecule has 0 radical (unpaired) electrons. The molecule has 0 unspecified atom stereocenters. The third-order valence-electron chi connectivity index (χ3n) is 3.09. The summed E-state index contributed by atoms with van der Waals surface area (Å²) in [6.07, 6.45) is 0. The summed E-state index contributed by atoms with van der Waals surface area (Å²) in [5.41, 5.74) is 5.22. The second-order valence-corrected chi connectivity index (χ2v) is 7.48. The van der Waals surface area contributed by atoms with Crippen LogP contribution >= 0.6 is 27.3 Å². The number of hydrazone groups is 1. The van der Waals surface area contributed by atoms with Crippen molar-refractivity contribution in [2.45, 2.75) is 26.7 Å². The first-order chi connectivity index (χ1) is 9.97. The quantitative estimate of drug-likeness (QED) is 0.614. The standard InChI is InChI=1S/C16H17BrN2OS/c1-10(2)12-4-6-13(7-5-12)16(20)19-18-11(3)14-8-9-15(17)21-14/h4-10H,1-3H3,(H,19,20). The highest BCUT2D eigenvalue weighted by molar-refractivity contribution is 9.11. The summed E-state index contributed by atoms with van der Waals surface area (Å²) in [6, 6.07) is 11.6. The van der Waals surface area contributed by atoms with E-state index in [-0.39, 0.29) is 5.91 Å². The number of amides is 1. The fourth-order valence-electron chi connectivity index (χ4n) is 1.78. The zero-order valence-electron chi connectivity index (χ0n) is 12.2. The van der Waals surface area contributed by atoms with Crippen LogP contribution in [0.1, 0.15) is 47.5 Å².